The monoisotopic (exact) mass is 252 g/mol. The van der Waals surface area contributed by atoms with Crippen LogP contribution in [0, 0.1) is 6.92 Å². The molecule has 0 aliphatic rings. The maximum Gasteiger partial charge on any atom is 0.0700 e. The molecule has 18 heavy (non-hydrogen) atoms. The summed E-state index contributed by atoms with van der Waals surface area (Å²) in [5.41, 5.74) is 8.96. The maximum absolute atomic E-state index is 5.81. The molecule has 4 nitrogen and oxygen atoms in total. The van der Waals surface area contributed by atoms with Gasteiger partial charge in [0.1, 0.15) is 0 Å². The van der Waals surface area contributed by atoms with Crippen molar-refractivity contribution in [2.45, 2.75) is 13.3 Å². The number of nitrogens with zero attached hydrogens (tertiary/aromatic N) is 1. The Labute approximate surface area is 110 Å². The van der Waals surface area contributed by atoms with E-state index in [0.29, 0.717) is 13.2 Å². The van der Waals surface area contributed by atoms with Crippen molar-refractivity contribution in [3.8, 4) is 0 Å². The van der Waals surface area contributed by atoms with Crippen LogP contribution in [-0.2, 0) is 9.47 Å². The average molecular weight is 252 g/mol. The fourth-order valence-corrected chi connectivity index (χ4v) is 1.67. The number of hydrogen-bond donors (Lipinski definition) is 1. The number of aryl methyl sites for hydroxylation is 1. The third-order valence-electron chi connectivity index (χ3n) is 2.91. The van der Waals surface area contributed by atoms with Crippen LogP contribution in [0.4, 0.5) is 11.4 Å². The Hall–Kier alpha value is -1.26. The molecule has 0 saturated carbocycles. The zero-order valence-electron chi connectivity index (χ0n) is 11.6. The highest BCUT2D eigenvalue weighted by molar-refractivity contribution is 5.57. The molecule has 0 unspecified atom stereocenters. The Bertz CT molecular complexity index is 356. The molecule has 0 aliphatic carbocycles. The summed E-state index contributed by atoms with van der Waals surface area (Å²) in [7, 11) is 3.76. The van der Waals surface area contributed by atoms with Gasteiger partial charge in [0.05, 0.1) is 13.2 Å². The Morgan fingerprint density at radius 2 is 2.00 bits per heavy atom. The second kappa shape index (κ2) is 7.95. The molecule has 0 atom stereocenters. The summed E-state index contributed by atoms with van der Waals surface area (Å²) in [5.74, 6) is 0. The van der Waals surface area contributed by atoms with Crippen LogP contribution in [0.25, 0.3) is 0 Å². The van der Waals surface area contributed by atoms with Crippen LogP contribution >= 0.6 is 0 Å². The molecular weight excluding hydrogens is 228 g/mol. The molecule has 0 saturated heterocycles. The number of hydrogen-bond acceptors (Lipinski definition) is 4. The molecule has 0 spiro atoms. The zero-order chi connectivity index (χ0) is 13.4. The minimum atomic E-state index is 0.660. The van der Waals surface area contributed by atoms with E-state index in [4.69, 9.17) is 15.2 Å². The predicted octanol–water partition coefficient (Wildman–Crippen LogP) is 2.07. The van der Waals surface area contributed by atoms with Gasteiger partial charge < -0.3 is 20.1 Å². The van der Waals surface area contributed by atoms with E-state index in [1.165, 1.54) is 5.69 Å². The quantitative estimate of drug-likeness (QED) is 0.568. The van der Waals surface area contributed by atoms with Crippen LogP contribution in [-0.4, -0.2) is 40.5 Å². The van der Waals surface area contributed by atoms with Crippen molar-refractivity contribution in [3.05, 3.63) is 23.8 Å². The molecular formula is C14H24N2O2. The molecule has 1 aromatic carbocycles. The van der Waals surface area contributed by atoms with Crippen molar-refractivity contribution in [2.75, 3.05) is 51.2 Å². The summed E-state index contributed by atoms with van der Waals surface area (Å²) in [6.45, 7) is 5.09. The fraction of sp³-hybridized carbons (Fsp3) is 0.571. The Morgan fingerprint density at radius 1 is 1.22 bits per heavy atom. The molecule has 0 radical (unpaired) electrons. The van der Waals surface area contributed by atoms with Crippen molar-refractivity contribution < 1.29 is 9.47 Å². The molecule has 4 heteroatoms. The lowest BCUT2D eigenvalue weighted by molar-refractivity contribution is 0.0701. The van der Waals surface area contributed by atoms with E-state index in [0.717, 1.165) is 30.8 Å². The molecule has 0 heterocycles. The SMILES string of the molecule is COCCOCCCN(C)c1ccc(N)c(C)c1. The highest BCUT2D eigenvalue weighted by Gasteiger charge is 2.02. The van der Waals surface area contributed by atoms with Gasteiger partial charge in [-0.3, -0.25) is 0 Å². The topological polar surface area (TPSA) is 47.7 Å². The average Bonchev–Trinajstić information content (AvgIpc) is 2.36. The number of benzene rings is 1. The molecule has 0 bridgehead atoms. The van der Waals surface area contributed by atoms with E-state index < -0.39 is 0 Å². The van der Waals surface area contributed by atoms with Gasteiger partial charge in [0.15, 0.2) is 0 Å². The van der Waals surface area contributed by atoms with Crippen molar-refractivity contribution in [1.82, 2.24) is 0 Å². The lowest BCUT2D eigenvalue weighted by atomic mass is 10.1. The molecule has 102 valence electrons. The highest BCUT2D eigenvalue weighted by atomic mass is 16.5. The van der Waals surface area contributed by atoms with Gasteiger partial charge in [-0.15, -0.1) is 0 Å². The van der Waals surface area contributed by atoms with Gasteiger partial charge in [0, 0.05) is 38.7 Å². The van der Waals surface area contributed by atoms with E-state index >= 15 is 0 Å². The Kier molecular flexibility index (Phi) is 6.54. The molecule has 1 aromatic rings. The first-order valence-electron chi connectivity index (χ1n) is 6.29. The van der Waals surface area contributed by atoms with Gasteiger partial charge in [0.2, 0.25) is 0 Å². The van der Waals surface area contributed by atoms with Gasteiger partial charge in [-0.05, 0) is 37.1 Å². The smallest absolute Gasteiger partial charge is 0.0700 e. The summed E-state index contributed by atoms with van der Waals surface area (Å²) in [6.07, 6.45) is 1.00. The van der Waals surface area contributed by atoms with Crippen LogP contribution in [0.3, 0.4) is 0 Å². The normalized spacial score (nSPS) is 10.6. The molecule has 0 amide bonds. The standard InChI is InChI=1S/C14H24N2O2/c1-12-11-13(5-6-14(12)15)16(2)7-4-8-18-10-9-17-3/h5-6,11H,4,7-10,15H2,1-3H3. The largest absolute Gasteiger partial charge is 0.399 e. The van der Waals surface area contributed by atoms with E-state index in [9.17, 15) is 0 Å². The van der Waals surface area contributed by atoms with Gasteiger partial charge in [0.25, 0.3) is 0 Å². The van der Waals surface area contributed by atoms with Gasteiger partial charge in [-0.2, -0.15) is 0 Å². The summed E-state index contributed by atoms with van der Waals surface area (Å²) in [5, 5.41) is 0. The van der Waals surface area contributed by atoms with Crippen LogP contribution < -0.4 is 10.6 Å². The second-order valence-corrected chi connectivity index (χ2v) is 4.42. The number of nitrogen functional groups attached to an aromatic ring is 1. The number of rotatable bonds is 8. The molecule has 0 fully saturated rings. The highest BCUT2D eigenvalue weighted by Crippen LogP contribution is 2.19. The first-order chi connectivity index (χ1) is 8.65. The van der Waals surface area contributed by atoms with Crippen LogP contribution in [0.15, 0.2) is 18.2 Å². The van der Waals surface area contributed by atoms with Gasteiger partial charge in [-0.1, -0.05) is 0 Å². The third-order valence-corrected chi connectivity index (χ3v) is 2.91. The van der Waals surface area contributed by atoms with Crippen molar-refractivity contribution in [2.24, 2.45) is 0 Å². The van der Waals surface area contributed by atoms with Crippen LogP contribution in [0.1, 0.15) is 12.0 Å². The summed E-state index contributed by atoms with van der Waals surface area (Å²) in [4.78, 5) is 2.21. The number of methoxy groups -OCH3 is 1. The Balaban J connectivity index is 2.27. The minimum absolute atomic E-state index is 0.660. The first kappa shape index (κ1) is 14.8. The second-order valence-electron chi connectivity index (χ2n) is 4.42. The lowest BCUT2D eigenvalue weighted by Gasteiger charge is -2.20. The van der Waals surface area contributed by atoms with E-state index in [1.54, 1.807) is 7.11 Å². The van der Waals surface area contributed by atoms with Crippen molar-refractivity contribution in [3.63, 3.8) is 0 Å². The van der Waals surface area contributed by atoms with Gasteiger partial charge in [-0.25, -0.2) is 0 Å². The van der Waals surface area contributed by atoms with Crippen molar-refractivity contribution >= 4 is 11.4 Å². The number of nitrogens with two attached hydrogens (primary N) is 1. The first-order valence-corrected chi connectivity index (χ1v) is 6.29. The lowest BCUT2D eigenvalue weighted by Crippen LogP contribution is -2.20. The summed E-state index contributed by atoms with van der Waals surface area (Å²) >= 11 is 0. The van der Waals surface area contributed by atoms with Gasteiger partial charge >= 0.3 is 0 Å². The number of ether oxygens (including phenoxy) is 2. The summed E-state index contributed by atoms with van der Waals surface area (Å²) in [6, 6.07) is 6.12. The van der Waals surface area contributed by atoms with Crippen molar-refractivity contribution in [1.29, 1.82) is 0 Å². The van der Waals surface area contributed by atoms with E-state index in [2.05, 4.69) is 18.0 Å². The van der Waals surface area contributed by atoms with Crippen LogP contribution in [0.2, 0.25) is 0 Å². The fourth-order valence-electron chi connectivity index (χ4n) is 1.67. The van der Waals surface area contributed by atoms with Crippen LogP contribution in [0.5, 0.6) is 0 Å². The molecule has 0 aliphatic heterocycles. The summed E-state index contributed by atoms with van der Waals surface area (Å²) < 4.78 is 10.3. The number of anilines is 2. The molecule has 0 aromatic heterocycles. The maximum atomic E-state index is 5.81. The Morgan fingerprint density at radius 3 is 2.67 bits per heavy atom. The molecule has 1 rings (SSSR count). The minimum Gasteiger partial charge on any atom is -0.399 e. The molecule has 2 N–H and O–H groups in total. The van der Waals surface area contributed by atoms with E-state index in [-0.39, 0.29) is 0 Å². The third kappa shape index (κ3) is 4.94. The van der Waals surface area contributed by atoms with E-state index in [1.807, 2.05) is 19.1 Å². The zero-order valence-corrected chi connectivity index (χ0v) is 11.6. The predicted molar refractivity (Wildman–Crippen MR) is 76.2 cm³/mol.